The van der Waals surface area contributed by atoms with Crippen molar-refractivity contribution < 1.29 is 9.53 Å². The van der Waals surface area contributed by atoms with Gasteiger partial charge in [-0.05, 0) is 11.1 Å². The van der Waals surface area contributed by atoms with Gasteiger partial charge in [0.15, 0.2) is 0 Å². The molecule has 7 nitrogen and oxygen atoms in total. The van der Waals surface area contributed by atoms with Crippen LogP contribution in [0.4, 0.5) is 5.82 Å². The molecule has 0 spiro atoms. The fourth-order valence-corrected chi connectivity index (χ4v) is 2.81. The van der Waals surface area contributed by atoms with Gasteiger partial charge < -0.3 is 10.1 Å². The van der Waals surface area contributed by atoms with Crippen LogP contribution in [0.15, 0.2) is 72.2 Å². The molecule has 0 aliphatic carbocycles. The van der Waals surface area contributed by atoms with E-state index in [-0.39, 0.29) is 12.5 Å². The molecule has 28 heavy (non-hydrogen) atoms. The van der Waals surface area contributed by atoms with Gasteiger partial charge in [0, 0.05) is 18.1 Å². The maximum absolute atomic E-state index is 12.2. The molecule has 1 unspecified atom stereocenters. The zero-order chi connectivity index (χ0) is 19.8. The molecule has 0 amide bonds. The van der Waals surface area contributed by atoms with Crippen LogP contribution in [0.3, 0.4) is 0 Å². The zero-order valence-electron chi connectivity index (χ0n) is 15.4. The number of carbonyl (C=O) groups is 1. The highest BCUT2D eigenvalue weighted by atomic mass is 16.5. The molecule has 7 heteroatoms. The van der Waals surface area contributed by atoms with Crippen LogP contribution in [0, 0.1) is 4.91 Å². The number of carbonyl (C=O) groups excluding carboxylic acids is 1. The molecule has 1 N–H and O–H groups in total. The van der Waals surface area contributed by atoms with E-state index in [1.54, 1.807) is 6.07 Å². The van der Waals surface area contributed by atoms with E-state index in [0.717, 1.165) is 16.7 Å². The van der Waals surface area contributed by atoms with E-state index in [0.29, 0.717) is 17.9 Å². The second-order valence-corrected chi connectivity index (χ2v) is 6.18. The van der Waals surface area contributed by atoms with Crippen molar-refractivity contribution in [3.8, 4) is 11.3 Å². The number of methoxy groups -OCH3 is 1. The molecule has 3 aromatic rings. The Balaban J connectivity index is 1.79. The molecule has 0 radical (unpaired) electrons. The van der Waals surface area contributed by atoms with Crippen LogP contribution in [-0.4, -0.2) is 29.1 Å². The predicted molar refractivity (Wildman–Crippen MR) is 107 cm³/mol. The third kappa shape index (κ3) is 4.97. The fourth-order valence-electron chi connectivity index (χ4n) is 2.81. The van der Waals surface area contributed by atoms with Gasteiger partial charge >= 0.3 is 5.97 Å². The van der Waals surface area contributed by atoms with Gasteiger partial charge in [-0.25, -0.2) is 14.8 Å². The highest BCUT2D eigenvalue weighted by Gasteiger charge is 2.20. The number of esters is 1. The van der Waals surface area contributed by atoms with Crippen LogP contribution >= 0.6 is 0 Å². The number of nitroso groups, excluding NO2 is 1. The van der Waals surface area contributed by atoms with Crippen LogP contribution in [-0.2, 0) is 22.5 Å². The van der Waals surface area contributed by atoms with E-state index < -0.39 is 6.04 Å². The second-order valence-electron chi connectivity index (χ2n) is 6.18. The molecule has 1 aromatic heterocycles. The number of aromatic nitrogens is 2. The van der Waals surface area contributed by atoms with Gasteiger partial charge in [-0.2, -0.15) is 4.91 Å². The van der Waals surface area contributed by atoms with Crippen molar-refractivity contribution in [1.82, 2.24) is 9.97 Å². The van der Waals surface area contributed by atoms with Gasteiger partial charge in [-0.15, -0.1) is 0 Å². The molecule has 2 aromatic carbocycles. The van der Waals surface area contributed by atoms with Crippen molar-refractivity contribution in [2.24, 2.45) is 5.18 Å². The minimum absolute atomic E-state index is 0.136. The zero-order valence-corrected chi connectivity index (χ0v) is 15.4. The van der Waals surface area contributed by atoms with E-state index in [9.17, 15) is 9.70 Å². The van der Waals surface area contributed by atoms with E-state index >= 15 is 0 Å². The van der Waals surface area contributed by atoms with E-state index in [1.165, 1.54) is 13.4 Å². The first-order valence-electron chi connectivity index (χ1n) is 8.78. The summed E-state index contributed by atoms with van der Waals surface area (Å²) in [5.41, 5.74) is 3.42. The van der Waals surface area contributed by atoms with Gasteiger partial charge in [0.2, 0.25) is 0 Å². The number of anilines is 1. The SMILES string of the molecule is COC(=O)C(Cc1ccccc1)Nc1cc(-c2ccc(CN=O)cc2)ncn1. The van der Waals surface area contributed by atoms with Crippen molar-refractivity contribution in [2.75, 3.05) is 12.4 Å². The third-order valence-electron chi connectivity index (χ3n) is 4.25. The number of hydrogen-bond acceptors (Lipinski definition) is 7. The van der Waals surface area contributed by atoms with Crippen LogP contribution in [0.25, 0.3) is 11.3 Å². The summed E-state index contributed by atoms with van der Waals surface area (Å²) in [6.07, 6.45) is 1.91. The summed E-state index contributed by atoms with van der Waals surface area (Å²) in [7, 11) is 1.36. The van der Waals surface area contributed by atoms with Crippen LogP contribution in [0.5, 0.6) is 0 Å². The summed E-state index contributed by atoms with van der Waals surface area (Å²) in [6, 6.07) is 18.3. The van der Waals surface area contributed by atoms with Gasteiger partial charge in [-0.1, -0.05) is 59.8 Å². The maximum Gasteiger partial charge on any atom is 0.328 e. The lowest BCUT2D eigenvalue weighted by atomic mass is 10.1. The number of nitrogens with one attached hydrogen (secondary N) is 1. The average molecular weight is 376 g/mol. The molecule has 0 aliphatic heterocycles. The molecule has 0 aliphatic rings. The van der Waals surface area contributed by atoms with Crippen molar-refractivity contribution in [1.29, 1.82) is 0 Å². The number of ether oxygens (including phenoxy) is 1. The van der Waals surface area contributed by atoms with Crippen LogP contribution in [0.2, 0.25) is 0 Å². The normalized spacial score (nSPS) is 11.5. The highest BCUT2D eigenvalue weighted by Crippen LogP contribution is 2.20. The average Bonchev–Trinajstić information content (AvgIpc) is 2.74. The lowest BCUT2D eigenvalue weighted by molar-refractivity contribution is -0.141. The fraction of sp³-hybridized carbons (Fsp3) is 0.190. The summed E-state index contributed by atoms with van der Waals surface area (Å²) in [5, 5.41) is 6.02. The Morgan fingerprint density at radius 2 is 1.82 bits per heavy atom. The summed E-state index contributed by atoms with van der Waals surface area (Å²) in [6.45, 7) is 0.136. The quantitative estimate of drug-likeness (QED) is 0.477. The first kappa shape index (κ1) is 19.2. The summed E-state index contributed by atoms with van der Waals surface area (Å²) >= 11 is 0. The second kappa shape index (κ2) is 9.36. The van der Waals surface area contributed by atoms with E-state index in [4.69, 9.17) is 4.74 Å². The molecule has 0 saturated carbocycles. The summed E-state index contributed by atoms with van der Waals surface area (Å²) in [4.78, 5) is 31.1. The Morgan fingerprint density at radius 1 is 1.07 bits per heavy atom. The number of benzene rings is 2. The molecule has 0 fully saturated rings. The van der Waals surface area contributed by atoms with Crippen molar-refractivity contribution in [2.45, 2.75) is 19.0 Å². The highest BCUT2D eigenvalue weighted by molar-refractivity contribution is 5.79. The summed E-state index contributed by atoms with van der Waals surface area (Å²) < 4.78 is 4.93. The van der Waals surface area contributed by atoms with E-state index in [2.05, 4.69) is 20.5 Å². The Labute approximate surface area is 162 Å². The topological polar surface area (TPSA) is 93.5 Å². The molecule has 0 bridgehead atoms. The molecule has 1 atom stereocenters. The van der Waals surface area contributed by atoms with Gasteiger partial charge in [0.05, 0.1) is 12.8 Å². The van der Waals surface area contributed by atoms with Gasteiger partial charge in [0.25, 0.3) is 0 Å². The van der Waals surface area contributed by atoms with Crippen LogP contribution in [0.1, 0.15) is 11.1 Å². The maximum atomic E-state index is 12.2. The molecular weight excluding hydrogens is 356 g/mol. The smallest absolute Gasteiger partial charge is 0.328 e. The molecule has 0 saturated heterocycles. The minimum Gasteiger partial charge on any atom is -0.467 e. The third-order valence-corrected chi connectivity index (χ3v) is 4.25. The predicted octanol–water partition coefficient (Wildman–Crippen LogP) is 3.61. The molecule has 1 heterocycles. The Morgan fingerprint density at radius 3 is 2.50 bits per heavy atom. The molecular formula is C21H20N4O3. The first-order valence-corrected chi connectivity index (χ1v) is 8.78. The Bertz CT molecular complexity index is 930. The largest absolute Gasteiger partial charge is 0.467 e. The van der Waals surface area contributed by atoms with E-state index in [1.807, 2.05) is 54.6 Å². The number of nitrogens with zero attached hydrogens (tertiary/aromatic N) is 3. The Hall–Kier alpha value is -3.61. The van der Waals surface area contributed by atoms with Crippen molar-refractivity contribution >= 4 is 11.8 Å². The van der Waals surface area contributed by atoms with Crippen molar-refractivity contribution in [3.05, 3.63) is 83.0 Å². The van der Waals surface area contributed by atoms with Crippen LogP contribution < -0.4 is 5.32 Å². The lowest BCUT2D eigenvalue weighted by Gasteiger charge is -2.17. The van der Waals surface area contributed by atoms with Gasteiger partial charge in [-0.3, -0.25) is 0 Å². The summed E-state index contributed by atoms with van der Waals surface area (Å²) in [5.74, 6) is 0.157. The minimum atomic E-state index is -0.573. The van der Waals surface area contributed by atoms with Crippen molar-refractivity contribution in [3.63, 3.8) is 0 Å². The number of rotatable bonds is 8. The number of hydrogen-bond donors (Lipinski definition) is 1. The molecule has 142 valence electrons. The standard InChI is InChI=1S/C21H20N4O3/c1-28-21(26)19(11-15-5-3-2-4-6-15)25-20-12-18(22-14-23-20)17-9-7-16(8-10-17)13-24-27/h2-10,12,14,19H,11,13H2,1H3,(H,22,23,25). The molecule has 3 rings (SSSR count). The lowest BCUT2D eigenvalue weighted by Crippen LogP contribution is -2.33. The first-order chi connectivity index (χ1) is 13.7. The van der Waals surface area contributed by atoms with Gasteiger partial charge in [0.1, 0.15) is 24.7 Å². The Kier molecular flexibility index (Phi) is 6.41. The monoisotopic (exact) mass is 376 g/mol.